The Morgan fingerprint density at radius 2 is 1.74 bits per heavy atom. The van der Waals surface area contributed by atoms with Gasteiger partial charge < -0.3 is 28.1 Å². The molecule has 0 radical (unpaired) electrons. The number of imide groups is 1. The summed E-state index contributed by atoms with van der Waals surface area (Å²) in [5.41, 5.74) is -0.754. The van der Waals surface area contributed by atoms with Crippen molar-refractivity contribution in [2.75, 3.05) is 13.2 Å². The van der Waals surface area contributed by atoms with Crippen LogP contribution in [0.3, 0.4) is 0 Å². The van der Waals surface area contributed by atoms with Gasteiger partial charge in [-0.3, -0.25) is 0 Å². The fourth-order valence-corrected chi connectivity index (χ4v) is 4.96. The summed E-state index contributed by atoms with van der Waals surface area (Å²) in [6.07, 6.45) is -3.06. The quantitative estimate of drug-likeness (QED) is 0.572. The maximum Gasteiger partial charge on any atom is 0.420 e. The SMILES string of the molecule is CC(C)(C)OC(=O)N1C(=O)OC2[C@H]1CO[C@]1(COC(C)(C)O1)[C@H]2O[Si](C)(C)C(C)(C)C. The predicted octanol–water partition coefficient (Wildman–Crippen LogP) is 4.01. The Balaban J connectivity index is 1.95. The number of ether oxygens (including phenoxy) is 5. The first-order valence-corrected chi connectivity index (χ1v) is 13.7. The summed E-state index contributed by atoms with van der Waals surface area (Å²) in [4.78, 5) is 26.5. The molecule has 9 nitrogen and oxygen atoms in total. The van der Waals surface area contributed by atoms with Gasteiger partial charge in [0.05, 0.1) is 6.61 Å². The summed E-state index contributed by atoms with van der Waals surface area (Å²) in [7, 11) is -2.34. The molecular weight excluding hydrogens is 422 g/mol. The van der Waals surface area contributed by atoms with E-state index < -0.39 is 55.9 Å². The summed E-state index contributed by atoms with van der Waals surface area (Å²) in [6, 6.07) is -0.685. The van der Waals surface area contributed by atoms with Crippen LogP contribution in [-0.4, -0.2) is 74.0 Å². The molecule has 0 aromatic heterocycles. The zero-order valence-electron chi connectivity index (χ0n) is 20.4. The molecule has 2 amide bonds. The van der Waals surface area contributed by atoms with Crippen LogP contribution in [0.4, 0.5) is 9.59 Å². The Morgan fingerprint density at radius 1 is 1.13 bits per heavy atom. The van der Waals surface area contributed by atoms with E-state index in [2.05, 4.69) is 33.9 Å². The van der Waals surface area contributed by atoms with E-state index in [4.69, 9.17) is 28.1 Å². The zero-order chi connectivity index (χ0) is 23.6. The fourth-order valence-electron chi connectivity index (χ4n) is 3.66. The molecule has 3 fully saturated rings. The number of hydrogen-bond donors (Lipinski definition) is 0. The summed E-state index contributed by atoms with van der Waals surface area (Å²) in [6.45, 7) is 19.6. The van der Waals surface area contributed by atoms with Crippen molar-refractivity contribution in [1.82, 2.24) is 4.90 Å². The summed E-state index contributed by atoms with van der Waals surface area (Å²) < 4.78 is 36.0. The summed E-state index contributed by atoms with van der Waals surface area (Å²) in [5, 5.41) is -0.108. The normalized spacial score (nSPS) is 33.4. The highest BCUT2D eigenvalue weighted by molar-refractivity contribution is 6.74. The third kappa shape index (κ3) is 4.63. The number of amides is 2. The monoisotopic (exact) mass is 459 g/mol. The molecule has 178 valence electrons. The van der Waals surface area contributed by atoms with Crippen LogP contribution in [0.25, 0.3) is 0 Å². The van der Waals surface area contributed by atoms with Crippen LogP contribution in [-0.2, 0) is 28.1 Å². The molecule has 0 N–H and O–H groups in total. The number of carbonyl (C=O) groups excluding carboxylic acids is 2. The van der Waals surface area contributed by atoms with Crippen molar-refractivity contribution < 1.29 is 37.7 Å². The minimum Gasteiger partial charge on any atom is -0.443 e. The van der Waals surface area contributed by atoms with Gasteiger partial charge in [-0.15, -0.1) is 0 Å². The van der Waals surface area contributed by atoms with Gasteiger partial charge in [0, 0.05) is 0 Å². The molecule has 3 saturated heterocycles. The molecule has 1 spiro atoms. The van der Waals surface area contributed by atoms with Gasteiger partial charge in [0.25, 0.3) is 0 Å². The maximum absolute atomic E-state index is 12.8. The largest absolute Gasteiger partial charge is 0.443 e. The van der Waals surface area contributed by atoms with Gasteiger partial charge in [0.1, 0.15) is 24.4 Å². The topological polar surface area (TPSA) is 92.8 Å². The Hall–Kier alpha value is -1.20. The summed E-state index contributed by atoms with van der Waals surface area (Å²) in [5.74, 6) is -2.11. The molecule has 3 heterocycles. The van der Waals surface area contributed by atoms with Crippen molar-refractivity contribution in [3.63, 3.8) is 0 Å². The third-order valence-corrected chi connectivity index (χ3v) is 10.7. The van der Waals surface area contributed by atoms with E-state index in [0.717, 1.165) is 4.90 Å². The molecule has 4 atom stereocenters. The van der Waals surface area contributed by atoms with Gasteiger partial charge in [-0.1, -0.05) is 20.8 Å². The average Bonchev–Trinajstić information content (AvgIpc) is 3.04. The van der Waals surface area contributed by atoms with Gasteiger partial charge in [0.2, 0.25) is 5.79 Å². The van der Waals surface area contributed by atoms with E-state index in [1.165, 1.54) is 0 Å². The maximum atomic E-state index is 12.8. The van der Waals surface area contributed by atoms with Crippen molar-refractivity contribution in [3.8, 4) is 0 Å². The van der Waals surface area contributed by atoms with E-state index in [-0.39, 0.29) is 18.3 Å². The van der Waals surface area contributed by atoms with Crippen LogP contribution in [0.2, 0.25) is 18.1 Å². The molecular formula is C21H37NO8Si. The summed E-state index contributed by atoms with van der Waals surface area (Å²) >= 11 is 0. The molecule has 0 saturated carbocycles. The first-order chi connectivity index (χ1) is 13.9. The van der Waals surface area contributed by atoms with Crippen molar-refractivity contribution in [2.24, 2.45) is 0 Å². The van der Waals surface area contributed by atoms with Crippen LogP contribution in [0.5, 0.6) is 0 Å². The lowest BCUT2D eigenvalue weighted by molar-refractivity contribution is -0.318. The van der Waals surface area contributed by atoms with Crippen molar-refractivity contribution >= 4 is 20.5 Å². The van der Waals surface area contributed by atoms with Crippen molar-refractivity contribution in [1.29, 1.82) is 0 Å². The molecule has 1 unspecified atom stereocenters. The molecule has 0 aromatic rings. The average molecular weight is 460 g/mol. The van der Waals surface area contributed by atoms with E-state index in [0.29, 0.717) is 0 Å². The smallest absolute Gasteiger partial charge is 0.420 e. The van der Waals surface area contributed by atoms with Crippen LogP contribution in [0, 0.1) is 0 Å². The molecule has 0 aliphatic carbocycles. The Labute approximate surface area is 185 Å². The van der Waals surface area contributed by atoms with Gasteiger partial charge in [-0.2, -0.15) is 0 Å². The Morgan fingerprint density at radius 3 is 2.23 bits per heavy atom. The lowest BCUT2D eigenvalue weighted by Crippen LogP contribution is -2.67. The van der Waals surface area contributed by atoms with Gasteiger partial charge >= 0.3 is 12.2 Å². The minimum absolute atomic E-state index is 0.0342. The molecule has 3 aliphatic rings. The van der Waals surface area contributed by atoms with Crippen LogP contribution in [0.15, 0.2) is 0 Å². The van der Waals surface area contributed by atoms with Crippen LogP contribution < -0.4 is 0 Å². The fraction of sp³-hybridized carbons (Fsp3) is 0.905. The standard InChI is InChI=1S/C21H37NO8Si/c1-18(2,3)28-17(24)22-13-11-25-21(12-26-20(7,8)30-21)15(14(13)27-16(22)23)29-31(9,10)19(4,5)6/h13-15H,11-12H2,1-10H3/t13-,14?,15+,21+/m1/s1. The van der Waals surface area contributed by atoms with Crippen LogP contribution in [0.1, 0.15) is 55.4 Å². The van der Waals surface area contributed by atoms with Crippen molar-refractivity contribution in [3.05, 3.63) is 0 Å². The molecule has 3 rings (SSSR count). The number of hydrogen-bond acceptors (Lipinski definition) is 8. The lowest BCUT2D eigenvalue weighted by atomic mass is 9.95. The second kappa shape index (κ2) is 7.41. The van der Waals surface area contributed by atoms with E-state index in [1.807, 2.05) is 0 Å². The number of nitrogens with zero attached hydrogens (tertiary/aromatic N) is 1. The first-order valence-electron chi connectivity index (χ1n) is 10.8. The number of fused-ring (bicyclic) bond motifs is 1. The van der Waals surface area contributed by atoms with E-state index in [1.54, 1.807) is 34.6 Å². The van der Waals surface area contributed by atoms with Crippen molar-refractivity contribution in [2.45, 2.75) is 109 Å². The Kier molecular flexibility index (Phi) is 5.84. The minimum atomic E-state index is -2.34. The predicted molar refractivity (Wildman–Crippen MR) is 114 cm³/mol. The lowest BCUT2D eigenvalue weighted by Gasteiger charge is -2.49. The second-order valence-electron chi connectivity index (χ2n) is 11.5. The highest BCUT2D eigenvalue weighted by atomic mass is 28.4. The van der Waals surface area contributed by atoms with Crippen LogP contribution >= 0.6 is 0 Å². The molecule has 3 aliphatic heterocycles. The highest BCUT2D eigenvalue weighted by Crippen LogP contribution is 2.47. The van der Waals surface area contributed by atoms with Gasteiger partial charge in [0.15, 0.2) is 20.2 Å². The Bertz CT molecular complexity index is 741. The highest BCUT2D eigenvalue weighted by Gasteiger charge is 2.66. The number of carbonyl (C=O) groups is 2. The molecule has 0 bridgehead atoms. The van der Waals surface area contributed by atoms with Gasteiger partial charge in [-0.05, 0) is 52.8 Å². The number of rotatable bonds is 2. The molecule has 0 aromatic carbocycles. The van der Waals surface area contributed by atoms with E-state index in [9.17, 15) is 9.59 Å². The molecule has 10 heteroatoms. The first kappa shape index (κ1) is 24.4. The molecule has 31 heavy (non-hydrogen) atoms. The van der Waals surface area contributed by atoms with Gasteiger partial charge in [-0.25, -0.2) is 14.5 Å². The third-order valence-electron chi connectivity index (χ3n) is 6.23. The second-order valence-corrected chi connectivity index (χ2v) is 16.2. The zero-order valence-corrected chi connectivity index (χ0v) is 21.4. The van der Waals surface area contributed by atoms with E-state index >= 15 is 0 Å².